The van der Waals surface area contributed by atoms with Crippen LogP contribution in [0.25, 0.3) is 10.9 Å². The number of ether oxygens (including phenoxy) is 1. The molecule has 0 spiro atoms. The fourth-order valence-corrected chi connectivity index (χ4v) is 5.62. The number of anilines is 2. The maximum Gasteiger partial charge on any atom is 0.272 e. The molecule has 2 N–H and O–H groups in total. The Balaban J connectivity index is 1.22. The van der Waals surface area contributed by atoms with E-state index in [0.29, 0.717) is 37.4 Å². The number of halogens is 4. The smallest absolute Gasteiger partial charge is 0.272 e. The van der Waals surface area contributed by atoms with E-state index < -0.39 is 24.2 Å². The summed E-state index contributed by atoms with van der Waals surface area (Å²) in [5, 5.41) is 17.9. The molecule has 3 aliphatic rings. The van der Waals surface area contributed by atoms with Gasteiger partial charge in [0.05, 0.1) is 42.8 Å². The number of piperidine rings is 1. The average molecular weight is 523 g/mol. The molecule has 1 unspecified atom stereocenters. The molecule has 3 aromatic rings. The fourth-order valence-electron chi connectivity index (χ4n) is 5.36. The lowest BCUT2D eigenvalue weighted by Crippen LogP contribution is -2.50. The van der Waals surface area contributed by atoms with Gasteiger partial charge in [0.25, 0.3) is 5.92 Å². The summed E-state index contributed by atoms with van der Waals surface area (Å²) in [5.41, 5.74) is 2.83. The van der Waals surface area contributed by atoms with Gasteiger partial charge in [-0.3, -0.25) is 4.90 Å². The van der Waals surface area contributed by atoms with Gasteiger partial charge >= 0.3 is 0 Å². The number of likely N-dealkylation sites (tertiary alicyclic amines) is 1. The number of aliphatic hydroxyl groups is 1. The minimum Gasteiger partial charge on any atom is -0.389 e. The Labute approximate surface area is 210 Å². The second kappa shape index (κ2) is 8.83. The molecule has 0 amide bonds. The van der Waals surface area contributed by atoms with E-state index in [-0.39, 0.29) is 36.0 Å². The highest BCUT2D eigenvalue weighted by Crippen LogP contribution is 2.53. The van der Waals surface area contributed by atoms with E-state index in [9.17, 15) is 13.9 Å². The normalized spacial score (nSPS) is 30.1. The third kappa shape index (κ3) is 4.21. The quantitative estimate of drug-likeness (QED) is 0.523. The Hall–Kier alpha value is -2.47. The fraction of sp³-hybridized carbons (Fsp3) is 0.542. The lowest BCUT2D eigenvalue weighted by atomic mass is 9.84. The van der Waals surface area contributed by atoms with Crippen molar-refractivity contribution in [1.29, 1.82) is 0 Å². The maximum atomic E-state index is 15.4. The second-order valence-corrected chi connectivity index (χ2v) is 10.3. The molecule has 0 bridgehead atoms. The first-order valence-corrected chi connectivity index (χ1v) is 12.4. The highest BCUT2D eigenvalue weighted by molar-refractivity contribution is 6.32. The van der Waals surface area contributed by atoms with Crippen molar-refractivity contribution in [2.75, 3.05) is 31.6 Å². The van der Waals surface area contributed by atoms with E-state index in [4.69, 9.17) is 16.3 Å². The molecule has 36 heavy (non-hydrogen) atoms. The minimum absolute atomic E-state index is 0.0651. The van der Waals surface area contributed by atoms with Gasteiger partial charge in [-0.15, -0.1) is 0 Å². The van der Waals surface area contributed by atoms with Crippen molar-refractivity contribution < 1.29 is 23.0 Å². The van der Waals surface area contributed by atoms with E-state index in [2.05, 4.69) is 20.4 Å². The number of nitrogens with one attached hydrogen (secondary N) is 1. The minimum atomic E-state index is -2.80. The summed E-state index contributed by atoms with van der Waals surface area (Å²) in [6.07, 6.45) is 1.69. The van der Waals surface area contributed by atoms with Crippen LogP contribution in [0.4, 0.5) is 24.8 Å². The summed E-state index contributed by atoms with van der Waals surface area (Å²) in [7, 11) is 0. The van der Waals surface area contributed by atoms with Crippen LogP contribution in [0.3, 0.4) is 0 Å². The monoisotopic (exact) mass is 522 g/mol. The van der Waals surface area contributed by atoms with Gasteiger partial charge in [0, 0.05) is 30.5 Å². The molecule has 2 saturated heterocycles. The zero-order valence-electron chi connectivity index (χ0n) is 19.5. The summed E-state index contributed by atoms with van der Waals surface area (Å²) in [6.45, 7) is 3.59. The summed E-state index contributed by atoms with van der Waals surface area (Å²) in [4.78, 5) is 10.9. The van der Waals surface area contributed by atoms with E-state index >= 15 is 4.39 Å². The average Bonchev–Trinajstić information content (AvgIpc) is 3.12. The third-order valence-corrected chi connectivity index (χ3v) is 7.88. The van der Waals surface area contributed by atoms with Gasteiger partial charge < -0.3 is 15.2 Å². The molecule has 8 nitrogen and oxygen atoms in total. The Morgan fingerprint density at radius 1 is 1.25 bits per heavy atom. The first-order chi connectivity index (χ1) is 17.2. The summed E-state index contributed by atoms with van der Waals surface area (Å²) >= 11 is 6.27. The van der Waals surface area contributed by atoms with Crippen LogP contribution in [-0.4, -0.2) is 80.3 Å². The number of aromatic nitrogens is 4. The second-order valence-electron chi connectivity index (χ2n) is 9.94. The molecule has 2 aromatic heterocycles. The number of benzene rings is 1. The predicted octanol–water partition coefficient (Wildman–Crippen LogP) is 4.00. The molecule has 1 aliphatic carbocycles. The number of nitrogens with zero attached hydrogens (tertiary/aromatic N) is 5. The number of aryl methyl sites for hydroxylation is 1. The van der Waals surface area contributed by atoms with Crippen LogP contribution in [-0.2, 0) is 4.74 Å². The molecule has 6 rings (SSSR count). The van der Waals surface area contributed by atoms with Gasteiger partial charge in [0.15, 0.2) is 5.15 Å². The highest BCUT2D eigenvalue weighted by atomic mass is 35.5. The van der Waals surface area contributed by atoms with Crippen molar-refractivity contribution in [2.24, 2.45) is 0 Å². The van der Waals surface area contributed by atoms with Gasteiger partial charge in [-0.1, -0.05) is 11.6 Å². The van der Waals surface area contributed by atoms with Crippen molar-refractivity contribution in [1.82, 2.24) is 24.6 Å². The van der Waals surface area contributed by atoms with Gasteiger partial charge in [0.1, 0.15) is 12.2 Å². The molecule has 192 valence electrons. The van der Waals surface area contributed by atoms with Crippen LogP contribution in [0.1, 0.15) is 35.9 Å². The van der Waals surface area contributed by atoms with Gasteiger partial charge in [-0.2, -0.15) is 5.10 Å². The van der Waals surface area contributed by atoms with E-state index in [0.717, 1.165) is 21.2 Å². The lowest BCUT2D eigenvalue weighted by Gasteiger charge is -2.39. The van der Waals surface area contributed by atoms with Crippen molar-refractivity contribution in [2.45, 2.75) is 56.0 Å². The zero-order chi connectivity index (χ0) is 25.2. The topological polar surface area (TPSA) is 88.3 Å². The van der Waals surface area contributed by atoms with Crippen LogP contribution < -0.4 is 5.32 Å². The largest absolute Gasteiger partial charge is 0.389 e. The Bertz CT molecular complexity index is 1310. The molecule has 1 saturated carbocycles. The summed E-state index contributed by atoms with van der Waals surface area (Å²) < 4.78 is 48.7. The van der Waals surface area contributed by atoms with Crippen LogP contribution >= 0.6 is 11.6 Å². The Kier molecular flexibility index (Phi) is 5.86. The highest BCUT2D eigenvalue weighted by Gasteiger charge is 2.59. The van der Waals surface area contributed by atoms with Crippen LogP contribution in [0, 0.1) is 6.92 Å². The standard InChI is InChI=1S/C24H26ClF3N6O2/c1-12-4-13-7-29-23(32-18-8-30-34(22(18)25)21-6-24(21,27)28)31-17(13)5-15(12)14-2-3-33(9-16(14)26)19-10-36-11-20(19)35/h4-5,7-8,14,16,19-21,35H,2-3,6,9-11H2,1H3,(H,29,31,32)/t14-,16+,19-,20+,21?/m0/s1. The zero-order valence-corrected chi connectivity index (χ0v) is 20.3. The number of rotatable bonds is 5. The predicted molar refractivity (Wildman–Crippen MR) is 128 cm³/mol. The Morgan fingerprint density at radius 2 is 2.06 bits per heavy atom. The Morgan fingerprint density at radius 3 is 2.75 bits per heavy atom. The lowest BCUT2D eigenvalue weighted by molar-refractivity contribution is 0.0352. The third-order valence-electron chi connectivity index (χ3n) is 7.50. The first-order valence-electron chi connectivity index (χ1n) is 12.0. The summed E-state index contributed by atoms with van der Waals surface area (Å²) in [6, 6.07) is 2.65. The number of fused-ring (bicyclic) bond motifs is 1. The number of hydrogen-bond acceptors (Lipinski definition) is 7. The van der Waals surface area contributed by atoms with Crippen molar-refractivity contribution in [3.63, 3.8) is 0 Å². The number of hydrogen-bond donors (Lipinski definition) is 2. The SMILES string of the molecule is Cc1cc2cnc(Nc3cnn(C4CC4(F)F)c3Cl)nc2cc1[C@@H]1CCN([C@H]2COC[C@H]2O)C[C@H]1F. The van der Waals surface area contributed by atoms with E-state index in [1.54, 1.807) is 6.20 Å². The summed E-state index contributed by atoms with van der Waals surface area (Å²) in [5.74, 6) is -2.84. The molecule has 3 fully saturated rings. The van der Waals surface area contributed by atoms with Crippen LogP contribution in [0.5, 0.6) is 0 Å². The van der Waals surface area contributed by atoms with Crippen molar-refractivity contribution in [3.05, 3.63) is 40.8 Å². The maximum absolute atomic E-state index is 15.4. The molecule has 4 heterocycles. The first kappa shape index (κ1) is 23.9. The molecule has 1 aromatic carbocycles. The van der Waals surface area contributed by atoms with Crippen LogP contribution in [0.2, 0.25) is 5.15 Å². The van der Waals surface area contributed by atoms with E-state index in [1.165, 1.54) is 6.20 Å². The molecule has 0 radical (unpaired) electrons. The number of alkyl halides is 3. The molecule has 2 aliphatic heterocycles. The number of aliphatic hydroxyl groups excluding tert-OH is 1. The van der Waals surface area contributed by atoms with Gasteiger partial charge in [-0.25, -0.2) is 27.8 Å². The molecule has 5 atom stereocenters. The van der Waals surface area contributed by atoms with E-state index in [1.807, 2.05) is 24.0 Å². The molecule has 12 heteroatoms. The van der Waals surface area contributed by atoms with Crippen LogP contribution in [0.15, 0.2) is 24.5 Å². The van der Waals surface area contributed by atoms with Crippen molar-refractivity contribution in [3.8, 4) is 0 Å². The van der Waals surface area contributed by atoms with Gasteiger partial charge in [-0.05, 0) is 43.1 Å². The van der Waals surface area contributed by atoms with Gasteiger partial charge in [0.2, 0.25) is 5.95 Å². The molecular weight excluding hydrogens is 497 g/mol. The molecular formula is C24H26ClF3N6O2. The van der Waals surface area contributed by atoms with Crippen molar-refractivity contribution >= 4 is 34.1 Å².